The molecule has 1 fully saturated rings. The first kappa shape index (κ1) is 27.8. The molecule has 0 unspecified atom stereocenters. The molecule has 2 aliphatic rings. The van der Waals surface area contributed by atoms with Gasteiger partial charge in [0.2, 0.25) is 0 Å². The zero-order valence-electron chi connectivity index (χ0n) is 23.5. The topological polar surface area (TPSA) is 107 Å². The normalized spacial score (nSPS) is 17.4. The van der Waals surface area contributed by atoms with Gasteiger partial charge in [-0.3, -0.25) is 9.48 Å². The third-order valence-electron chi connectivity index (χ3n) is 8.38. The number of nitrogens with zero attached hydrogens (tertiary/aromatic N) is 5. The lowest BCUT2D eigenvalue weighted by molar-refractivity contribution is -0.145. The van der Waals surface area contributed by atoms with Gasteiger partial charge in [-0.15, -0.1) is 0 Å². The number of carboxylic acid groups (broad SMARTS) is 1. The van der Waals surface area contributed by atoms with E-state index in [0.29, 0.717) is 25.8 Å². The molecule has 0 radical (unpaired) electrons. The van der Waals surface area contributed by atoms with Gasteiger partial charge in [-0.05, 0) is 80.0 Å². The number of fused-ring (bicyclic) bond motifs is 2. The van der Waals surface area contributed by atoms with Crippen LogP contribution in [0.15, 0.2) is 36.8 Å². The summed E-state index contributed by atoms with van der Waals surface area (Å²) < 4.78 is 43.0. The van der Waals surface area contributed by atoms with Gasteiger partial charge in [0.15, 0.2) is 5.69 Å². The minimum Gasteiger partial charge on any atom is -0.465 e. The second-order valence-corrected chi connectivity index (χ2v) is 11.3. The summed E-state index contributed by atoms with van der Waals surface area (Å²) in [6.07, 6.45) is 0.614. The van der Waals surface area contributed by atoms with Gasteiger partial charge in [0.05, 0.1) is 17.8 Å². The molecule has 0 saturated carbocycles. The molecule has 3 aromatic heterocycles. The lowest BCUT2D eigenvalue weighted by Crippen LogP contribution is -2.38. The van der Waals surface area contributed by atoms with E-state index in [4.69, 9.17) is 0 Å². The quantitative estimate of drug-likeness (QED) is 0.293. The van der Waals surface area contributed by atoms with Crippen LogP contribution in [0.5, 0.6) is 0 Å². The average molecular weight is 581 g/mol. The highest BCUT2D eigenvalue weighted by molar-refractivity contribution is 5.95. The largest absolute Gasteiger partial charge is 0.465 e. The van der Waals surface area contributed by atoms with E-state index in [2.05, 4.69) is 15.1 Å². The molecule has 0 bridgehead atoms. The third-order valence-corrected chi connectivity index (χ3v) is 8.38. The standard InChI is InChI=1S/C30H31F3N6O3/c1-16(2)39-26(30(31,32)33)23(14-36-39)28(40)37-8-6-18-9-19(20-11-21-17(3)12-34-27(21)35-13-20)10-22(24(18)15-37)25-5-4-7-38(25)29(41)42/h9-14,16,25H,4-8,15H2,1-3H3,(H,34,35)(H,41,42)/t25-/m0/s1. The first-order valence-corrected chi connectivity index (χ1v) is 14.0. The van der Waals surface area contributed by atoms with Crippen LogP contribution in [0.1, 0.15) is 77.1 Å². The monoisotopic (exact) mass is 580 g/mol. The van der Waals surface area contributed by atoms with Crippen molar-refractivity contribution < 1.29 is 27.9 Å². The Bertz CT molecular complexity index is 1710. The van der Waals surface area contributed by atoms with Gasteiger partial charge < -0.3 is 19.9 Å². The molecule has 0 aliphatic carbocycles. The predicted molar refractivity (Wildman–Crippen MR) is 149 cm³/mol. The fourth-order valence-electron chi connectivity index (χ4n) is 6.31. The first-order valence-electron chi connectivity index (χ1n) is 14.0. The molecule has 4 aromatic rings. The molecule has 220 valence electrons. The molecule has 12 heteroatoms. The smallest absolute Gasteiger partial charge is 0.433 e. The zero-order valence-corrected chi connectivity index (χ0v) is 23.5. The summed E-state index contributed by atoms with van der Waals surface area (Å²) >= 11 is 0. The number of benzene rings is 1. The Labute approximate surface area is 239 Å². The number of rotatable bonds is 4. The Balaban J connectivity index is 1.43. The summed E-state index contributed by atoms with van der Waals surface area (Å²) in [5.41, 5.74) is 4.56. The number of halogens is 3. The van der Waals surface area contributed by atoms with Crippen molar-refractivity contribution in [3.05, 3.63) is 70.3 Å². The lowest BCUT2D eigenvalue weighted by Gasteiger charge is -2.34. The Kier molecular flexibility index (Phi) is 6.74. The molecule has 9 nitrogen and oxygen atoms in total. The molecule has 1 saturated heterocycles. The van der Waals surface area contributed by atoms with Crippen LogP contribution in [0.2, 0.25) is 0 Å². The maximum absolute atomic E-state index is 14.1. The molecule has 6 rings (SSSR count). The highest BCUT2D eigenvalue weighted by atomic mass is 19.4. The van der Waals surface area contributed by atoms with E-state index in [1.54, 1.807) is 20.0 Å². The number of pyridine rings is 1. The van der Waals surface area contributed by atoms with Gasteiger partial charge in [-0.1, -0.05) is 6.07 Å². The average Bonchev–Trinajstić information content (AvgIpc) is 3.70. The summed E-state index contributed by atoms with van der Waals surface area (Å²) in [5.74, 6) is -0.742. The summed E-state index contributed by atoms with van der Waals surface area (Å²) in [4.78, 5) is 36.3. The number of aromatic amines is 1. The van der Waals surface area contributed by atoms with E-state index < -0.39 is 41.5 Å². The van der Waals surface area contributed by atoms with Crippen molar-refractivity contribution in [1.82, 2.24) is 29.5 Å². The molecule has 1 aromatic carbocycles. The number of amides is 2. The van der Waals surface area contributed by atoms with Crippen LogP contribution in [0, 0.1) is 6.92 Å². The molecular formula is C30H31F3N6O3. The second-order valence-electron chi connectivity index (χ2n) is 11.3. The van der Waals surface area contributed by atoms with E-state index in [9.17, 15) is 27.9 Å². The number of carbonyl (C=O) groups excluding carboxylic acids is 1. The molecule has 42 heavy (non-hydrogen) atoms. The fraction of sp³-hybridized carbons (Fsp3) is 0.400. The van der Waals surface area contributed by atoms with E-state index in [1.165, 1.54) is 9.80 Å². The number of H-pyrrole nitrogens is 1. The number of aromatic nitrogens is 4. The molecule has 2 aliphatic heterocycles. The van der Waals surface area contributed by atoms with Crippen molar-refractivity contribution in [3.8, 4) is 11.1 Å². The van der Waals surface area contributed by atoms with E-state index in [-0.39, 0.29) is 13.1 Å². The van der Waals surface area contributed by atoms with E-state index in [1.807, 2.05) is 31.3 Å². The van der Waals surface area contributed by atoms with Crippen LogP contribution in [0.3, 0.4) is 0 Å². The van der Waals surface area contributed by atoms with Crippen LogP contribution in [0.4, 0.5) is 18.0 Å². The van der Waals surface area contributed by atoms with Crippen molar-refractivity contribution in [2.75, 3.05) is 13.1 Å². The minimum absolute atomic E-state index is 0.0755. The minimum atomic E-state index is -4.75. The van der Waals surface area contributed by atoms with Crippen LogP contribution >= 0.6 is 0 Å². The Hall–Kier alpha value is -4.35. The number of nitrogens with one attached hydrogen (secondary N) is 1. The number of likely N-dealkylation sites (tertiary alicyclic amines) is 1. The summed E-state index contributed by atoms with van der Waals surface area (Å²) in [7, 11) is 0. The second kappa shape index (κ2) is 10.2. The number of hydrogen-bond acceptors (Lipinski definition) is 4. The Morgan fingerprint density at radius 2 is 1.90 bits per heavy atom. The molecular weight excluding hydrogens is 549 g/mol. The summed E-state index contributed by atoms with van der Waals surface area (Å²) in [6, 6.07) is 5.03. The van der Waals surface area contributed by atoms with Gasteiger partial charge in [0.25, 0.3) is 5.91 Å². The Morgan fingerprint density at radius 1 is 1.12 bits per heavy atom. The molecule has 0 spiro atoms. The van der Waals surface area contributed by atoms with E-state index >= 15 is 0 Å². The van der Waals surface area contributed by atoms with Gasteiger partial charge in [0.1, 0.15) is 5.65 Å². The maximum atomic E-state index is 14.1. The predicted octanol–water partition coefficient (Wildman–Crippen LogP) is 6.35. The maximum Gasteiger partial charge on any atom is 0.433 e. The number of alkyl halides is 3. The Morgan fingerprint density at radius 3 is 2.62 bits per heavy atom. The van der Waals surface area contributed by atoms with Crippen LogP contribution < -0.4 is 0 Å². The van der Waals surface area contributed by atoms with E-state index in [0.717, 1.165) is 55.3 Å². The molecule has 5 heterocycles. The molecule has 2 N–H and O–H groups in total. The van der Waals surface area contributed by atoms with Crippen molar-refractivity contribution in [1.29, 1.82) is 0 Å². The number of aryl methyl sites for hydroxylation is 1. The summed E-state index contributed by atoms with van der Waals surface area (Å²) in [5, 5.41) is 14.8. The van der Waals surface area contributed by atoms with Gasteiger partial charge >= 0.3 is 12.3 Å². The highest BCUT2D eigenvalue weighted by Gasteiger charge is 2.42. The van der Waals surface area contributed by atoms with Crippen molar-refractivity contribution >= 4 is 23.0 Å². The number of carbonyl (C=O) groups is 2. The molecule has 2 amide bonds. The summed E-state index contributed by atoms with van der Waals surface area (Å²) in [6.45, 7) is 5.84. The van der Waals surface area contributed by atoms with Crippen LogP contribution in [-0.2, 0) is 19.1 Å². The van der Waals surface area contributed by atoms with Crippen LogP contribution in [0.25, 0.3) is 22.2 Å². The van der Waals surface area contributed by atoms with Gasteiger partial charge in [0, 0.05) is 49.0 Å². The van der Waals surface area contributed by atoms with Crippen molar-refractivity contribution in [2.45, 2.75) is 64.8 Å². The molecule has 1 atom stereocenters. The van der Waals surface area contributed by atoms with Crippen molar-refractivity contribution in [2.24, 2.45) is 0 Å². The SMILES string of the molecule is Cc1c[nH]c2ncc(-c3cc4c(c([C@@H]5CCCN5C(=O)O)c3)CN(C(=O)c3cnn(C(C)C)c3C(F)(F)F)CC4)cc12. The van der Waals surface area contributed by atoms with Gasteiger partial charge in [-0.25, -0.2) is 9.78 Å². The third kappa shape index (κ3) is 4.68. The van der Waals surface area contributed by atoms with Crippen LogP contribution in [-0.4, -0.2) is 59.7 Å². The lowest BCUT2D eigenvalue weighted by atomic mass is 9.86. The zero-order chi connectivity index (χ0) is 29.9. The van der Waals surface area contributed by atoms with Crippen molar-refractivity contribution in [3.63, 3.8) is 0 Å². The first-order chi connectivity index (χ1) is 19.9. The number of hydrogen-bond donors (Lipinski definition) is 2. The fourth-order valence-corrected chi connectivity index (χ4v) is 6.31. The van der Waals surface area contributed by atoms with Gasteiger partial charge in [-0.2, -0.15) is 18.3 Å². The highest BCUT2D eigenvalue weighted by Crippen LogP contribution is 2.41.